The molecule has 2 aromatic heterocycles. The van der Waals surface area contributed by atoms with E-state index in [0.717, 1.165) is 45.1 Å². The van der Waals surface area contributed by atoms with Gasteiger partial charge in [-0.2, -0.15) is 5.10 Å². The number of hydrogen-bond donors (Lipinski definition) is 1. The van der Waals surface area contributed by atoms with Crippen LogP contribution in [0.5, 0.6) is 0 Å². The van der Waals surface area contributed by atoms with Crippen LogP contribution in [0.2, 0.25) is 0 Å². The maximum atomic E-state index is 14.0. The van der Waals surface area contributed by atoms with Gasteiger partial charge >= 0.3 is 6.03 Å². The van der Waals surface area contributed by atoms with Gasteiger partial charge in [-0.1, -0.05) is 77.9 Å². The van der Waals surface area contributed by atoms with Crippen LogP contribution in [0.1, 0.15) is 45.2 Å². The summed E-state index contributed by atoms with van der Waals surface area (Å²) in [4.78, 5) is 15.9. The minimum absolute atomic E-state index is 0.107. The van der Waals surface area contributed by atoms with Gasteiger partial charge in [0, 0.05) is 18.3 Å². The zero-order valence-electron chi connectivity index (χ0n) is 21.9. The molecule has 3 aromatic carbocycles. The number of aromatic nitrogens is 3. The van der Waals surface area contributed by atoms with E-state index < -0.39 is 0 Å². The number of para-hydroxylation sites is 1. The second-order valence-corrected chi connectivity index (χ2v) is 10.0. The highest BCUT2D eigenvalue weighted by Crippen LogP contribution is 2.38. The Bertz CT molecular complexity index is 1600. The molecule has 0 fully saturated rings. The summed E-state index contributed by atoms with van der Waals surface area (Å²) in [5.74, 6) is 0.972. The summed E-state index contributed by atoms with van der Waals surface area (Å²) in [5, 5.41) is 8.12. The van der Waals surface area contributed by atoms with Crippen LogP contribution >= 0.6 is 0 Å². The van der Waals surface area contributed by atoms with Gasteiger partial charge in [0.05, 0.1) is 29.7 Å². The van der Waals surface area contributed by atoms with E-state index in [-0.39, 0.29) is 12.1 Å². The molecule has 6 nitrogen and oxygen atoms in total. The maximum Gasteiger partial charge on any atom is 0.318 e. The SMILES string of the molecule is Cc1ccc(CNC(=O)N2Cc3c(C)nn(-c4ccccc4)c3-n3cccc3[C@H]2c2cccc(C)c2)cc1. The first kappa shape index (κ1) is 23.8. The van der Waals surface area contributed by atoms with Crippen molar-refractivity contribution in [1.29, 1.82) is 0 Å². The molecule has 5 aromatic rings. The third-order valence-corrected chi connectivity index (χ3v) is 7.27. The summed E-state index contributed by atoms with van der Waals surface area (Å²) in [6.45, 7) is 7.08. The number of urea groups is 1. The highest BCUT2D eigenvalue weighted by Gasteiger charge is 2.35. The summed E-state index contributed by atoms with van der Waals surface area (Å²) in [6.07, 6.45) is 2.07. The largest absolute Gasteiger partial charge is 0.334 e. The molecule has 38 heavy (non-hydrogen) atoms. The summed E-state index contributed by atoms with van der Waals surface area (Å²) in [5.41, 5.74) is 8.47. The molecule has 1 aliphatic rings. The van der Waals surface area contributed by atoms with Gasteiger partial charge in [-0.3, -0.25) is 0 Å². The molecule has 6 heteroatoms. The topological polar surface area (TPSA) is 55.1 Å². The Kier molecular flexibility index (Phi) is 6.08. The molecule has 1 aliphatic heterocycles. The Balaban J connectivity index is 1.47. The summed E-state index contributed by atoms with van der Waals surface area (Å²) in [7, 11) is 0. The van der Waals surface area contributed by atoms with Crippen molar-refractivity contribution < 1.29 is 4.79 Å². The van der Waals surface area contributed by atoms with Gasteiger partial charge in [0.2, 0.25) is 0 Å². The lowest BCUT2D eigenvalue weighted by molar-refractivity contribution is 0.180. The highest BCUT2D eigenvalue weighted by molar-refractivity contribution is 5.76. The zero-order valence-corrected chi connectivity index (χ0v) is 21.9. The van der Waals surface area contributed by atoms with E-state index >= 15 is 0 Å². The number of carbonyl (C=O) groups is 1. The standard InChI is InChI=1S/C32H31N5O/c1-22-14-16-25(17-15-22)20-33-32(38)36-21-28-24(3)34-37(27-11-5-4-6-12-27)31(28)35-18-8-13-29(35)30(36)26-10-7-9-23(2)19-26/h4-19,30H,20-21H2,1-3H3,(H,33,38)/t30-/m1/s1. The van der Waals surface area contributed by atoms with Crippen molar-refractivity contribution >= 4 is 6.03 Å². The van der Waals surface area contributed by atoms with Gasteiger partial charge in [-0.25, -0.2) is 9.48 Å². The number of hydrogen-bond acceptors (Lipinski definition) is 2. The average Bonchev–Trinajstić information content (AvgIpc) is 3.49. The van der Waals surface area contributed by atoms with E-state index in [0.29, 0.717) is 13.1 Å². The summed E-state index contributed by atoms with van der Waals surface area (Å²) >= 11 is 0. The molecule has 190 valence electrons. The number of nitrogens with one attached hydrogen (secondary N) is 1. The Morgan fingerprint density at radius 2 is 1.68 bits per heavy atom. The smallest absolute Gasteiger partial charge is 0.318 e. The number of amides is 2. The number of benzene rings is 3. The zero-order chi connectivity index (χ0) is 26.2. The first-order valence-electron chi connectivity index (χ1n) is 13.0. The van der Waals surface area contributed by atoms with Gasteiger partial charge < -0.3 is 14.8 Å². The summed E-state index contributed by atoms with van der Waals surface area (Å²) < 4.78 is 4.19. The second kappa shape index (κ2) is 9.71. The van der Waals surface area contributed by atoms with Gasteiger partial charge in [0.25, 0.3) is 0 Å². The van der Waals surface area contributed by atoms with Gasteiger partial charge in [0.1, 0.15) is 5.82 Å². The fraction of sp³-hybridized carbons (Fsp3) is 0.188. The van der Waals surface area contributed by atoms with Crippen LogP contribution in [0.4, 0.5) is 4.79 Å². The van der Waals surface area contributed by atoms with E-state index in [1.165, 1.54) is 5.56 Å². The average molecular weight is 502 g/mol. The highest BCUT2D eigenvalue weighted by atomic mass is 16.2. The third kappa shape index (κ3) is 4.28. The lowest BCUT2D eigenvalue weighted by atomic mass is 10.00. The minimum atomic E-state index is -0.265. The Morgan fingerprint density at radius 3 is 2.45 bits per heavy atom. The molecule has 2 amide bonds. The van der Waals surface area contributed by atoms with Crippen LogP contribution in [0.15, 0.2) is 97.2 Å². The number of nitrogens with zero attached hydrogens (tertiary/aromatic N) is 4. The number of carbonyl (C=O) groups excluding carboxylic acids is 1. The molecule has 0 saturated carbocycles. The van der Waals surface area contributed by atoms with Crippen LogP contribution in [0.3, 0.4) is 0 Å². The second-order valence-electron chi connectivity index (χ2n) is 10.0. The molecule has 1 N–H and O–H groups in total. The molecular formula is C32H31N5O. The number of fused-ring (bicyclic) bond motifs is 3. The lowest BCUT2D eigenvalue weighted by Crippen LogP contribution is -2.41. The van der Waals surface area contributed by atoms with Crippen molar-refractivity contribution in [3.05, 3.63) is 136 Å². The number of aryl methyl sites for hydroxylation is 3. The molecule has 0 bridgehead atoms. The minimum Gasteiger partial charge on any atom is -0.334 e. The fourth-order valence-electron chi connectivity index (χ4n) is 5.33. The van der Waals surface area contributed by atoms with E-state index in [4.69, 9.17) is 5.10 Å². The number of rotatable bonds is 4. The van der Waals surface area contributed by atoms with Crippen molar-refractivity contribution in [1.82, 2.24) is 24.6 Å². The van der Waals surface area contributed by atoms with Gasteiger partial charge in [-0.05, 0) is 56.2 Å². The van der Waals surface area contributed by atoms with Crippen molar-refractivity contribution in [2.24, 2.45) is 0 Å². The Morgan fingerprint density at radius 1 is 0.895 bits per heavy atom. The molecule has 0 spiro atoms. The van der Waals surface area contributed by atoms with Gasteiger partial charge in [0.15, 0.2) is 0 Å². The van der Waals surface area contributed by atoms with E-state index in [1.54, 1.807) is 0 Å². The van der Waals surface area contributed by atoms with Gasteiger partial charge in [-0.15, -0.1) is 0 Å². The van der Waals surface area contributed by atoms with Crippen molar-refractivity contribution in [3.8, 4) is 11.5 Å². The normalized spacial score (nSPS) is 14.5. The maximum absolute atomic E-state index is 14.0. The molecule has 0 saturated heterocycles. The monoisotopic (exact) mass is 501 g/mol. The Hall–Kier alpha value is -4.58. The molecule has 3 heterocycles. The third-order valence-electron chi connectivity index (χ3n) is 7.27. The van der Waals surface area contributed by atoms with E-state index in [1.807, 2.05) is 40.8 Å². The van der Waals surface area contributed by atoms with Crippen molar-refractivity contribution in [2.45, 2.75) is 39.9 Å². The lowest BCUT2D eigenvalue weighted by Gasteiger charge is -2.31. The first-order chi connectivity index (χ1) is 18.5. The van der Waals surface area contributed by atoms with Crippen LogP contribution < -0.4 is 5.32 Å². The molecular weight excluding hydrogens is 470 g/mol. The van der Waals surface area contributed by atoms with Crippen LogP contribution in [0, 0.1) is 20.8 Å². The molecule has 0 radical (unpaired) electrons. The molecule has 1 atom stereocenters. The molecule has 6 rings (SSSR count). The van der Waals surface area contributed by atoms with Crippen LogP contribution in [0.25, 0.3) is 11.5 Å². The van der Waals surface area contributed by atoms with E-state index in [2.05, 4.69) is 96.7 Å². The van der Waals surface area contributed by atoms with Crippen molar-refractivity contribution in [2.75, 3.05) is 0 Å². The molecule has 0 aliphatic carbocycles. The van der Waals surface area contributed by atoms with Crippen LogP contribution in [-0.4, -0.2) is 25.3 Å². The predicted molar refractivity (Wildman–Crippen MR) is 150 cm³/mol. The Labute approximate surface area is 223 Å². The first-order valence-corrected chi connectivity index (χ1v) is 13.0. The molecule has 0 unspecified atom stereocenters. The fourth-order valence-corrected chi connectivity index (χ4v) is 5.33. The quantitative estimate of drug-likeness (QED) is 0.310. The summed E-state index contributed by atoms with van der Waals surface area (Å²) in [6, 6.07) is 30.7. The van der Waals surface area contributed by atoms with Crippen LogP contribution in [-0.2, 0) is 13.1 Å². The van der Waals surface area contributed by atoms with E-state index in [9.17, 15) is 4.79 Å². The van der Waals surface area contributed by atoms with Crippen molar-refractivity contribution in [3.63, 3.8) is 0 Å². The predicted octanol–water partition coefficient (Wildman–Crippen LogP) is 6.40.